The fourth-order valence-electron chi connectivity index (χ4n) is 3.39. The van der Waals surface area contributed by atoms with Crippen LogP contribution in [0.15, 0.2) is 43.1 Å². The zero-order valence-electron chi connectivity index (χ0n) is 15.3. The van der Waals surface area contributed by atoms with Crippen LogP contribution in [0.1, 0.15) is 40.8 Å². The maximum Gasteiger partial charge on any atom is 0.274 e. The molecule has 8 nitrogen and oxygen atoms in total. The summed E-state index contributed by atoms with van der Waals surface area (Å²) in [5, 5.41) is 3.25. The van der Waals surface area contributed by atoms with E-state index in [-0.39, 0.29) is 11.9 Å². The zero-order chi connectivity index (χ0) is 18.8. The fourth-order valence-corrected chi connectivity index (χ4v) is 3.39. The third kappa shape index (κ3) is 3.51. The highest BCUT2D eigenvalue weighted by atomic mass is 16.2. The Balaban J connectivity index is 1.63. The van der Waals surface area contributed by atoms with Crippen LogP contribution in [-0.2, 0) is 7.05 Å². The quantitative estimate of drug-likeness (QED) is 0.766. The van der Waals surface area contributed by atoms with Crippen LogP contribution in [0, 0.1) is 6.92 Å². The molecule has 1 fully saturated rings. The summed E-state index contributed by atoms with van der Waals surface area (Å²) in [4.78, 5) is 32.4. The van der Waals surface area contributed by atoms with Crippen molar-refractivity contribution in [3.8, 4) is 0 Å². The first-order valence-electron chi connectivity index (χ1n) is 8.92. The highest BCUT2D eigenvalue weighted by Crippen LogP contribution is 2.35. The fraction of sp³-hybridized carbons (Fsp3) is 0.316. The number of nitrogens with one attached hydrogen (secondary N) is 1. The normalized spacial score (nSPS) is 16.5. The molecule has 1 aliphatic rings. The van der Waals surface area contributed by atoms with Gasteiger partial charge in [-0.05, 0) is 31.9 Å². The largest absolute Gasteiger partial charge is 0.340 e. The molecule has 0 saturated carbocycles. The van der Waals surface area contributed by atoms with Crippen LogP contribution in [0.5, 0.6) is 0 Å². The lowest BCUT2D eigenvalue weighted by Crippen LogP contribution is -2.31. The molecule has 1 N–H and O–H groups in total. The molecule has 138 valence electrons. The molecule has 8 heteroatoms. The second-order valence-corrected chi connectivity index (χ2v) is 6.66. The first-order chi connectivity index (χ1) is 13.1. The van der Waals surface area contributed by atoms with Gasteiger partial charge < -0.3 is 14.8 Å². The Labute approximate surface area is 157 Å². The minimum absolute atomic E-state index is 0.0802. The Morgan fingerprint density at radius 1 is 1.22 bits per heavy atom. The number of likely N-dealkylation sites (tertiary alicyclic amines) is 1. The summed E-state index contributed by atoms with van der Waals surface area (Å²) >= 11 is 0. The van der Waals surface area contributed by atoms with Crippen molar-refractivity contribution in [2.45, 2.75) is 25.8 Å². The van der Waals surface area contributed by atoms with Gasteiger partial charge >= 0.3 is 0 Å². The van der Waals surface area contributed by atoms with Crippen LogP contribution < -0.4 is 5.32 Å². The number of hydrogen-bond donors (Lipinski definition) is 1. The van der Waals surface area contributed by atoms with Crippen LogP contribution >= 0.6 is 0 Å². The molecule has 0 bridgehead atoms. The number of aryl methyl sites for hydroxylation is 2. The van der Waals surface area contributed by atoms with Crippen LogP contribution in [0.3, 0.4) is 0 Å². The summed E-state index contributed by atoms with van der Waals surface area (Å²) in [6.45, 7) is 2.62. The first-order valence-corrected chi connectivity index (χ1v) is 8.92. The van der Waals surface area contributed by atoms with Gasteiger partial charge in [0.05, 0.1) is 12.4 Å². The van der Waals surface area contributed by atoms with Gasteiger partial charge in [-0.3, -0.25) is 9.78 Å². The van der Waals surface area contributed by atoms with Crippen molar-refractivity contribution in [3.05, 3.63) is 60.2 Å². The number of pyridine rings is 1. The van der Waals surface area contributed by atoms with Crippen molar-refractivity contribution in [1.82, 2.24) is 29.4 Å². The molecule has 0 unspecified atom stereocenters. The Bertz CT molecular complexity index is 968. The second kappa shape index (κ2) is 7.14. The lowest BCUT2D eigenvalue weighted by Gasteiger charge is -2.24. The average Bonchev–Trinajstić information content (AvgIpc) is 3.31. The molecule has 0 aliphatic carbocycles. The second-order valence-electron chi connectivity index (χ2n) is 6.66. The minimum Gasteiger partial charge on any atom is -0.340 e. The highest BCUT2D eigenvalue weighted by molar-refractivity contribution is 5.92. The van der Waals surface area contributed by atoms with E-state index >= 15 is 0 Å². The number of amides is 1. The van der Waals surface area contributed by atoms with Crippen molar-refractivity contribution in [2.75, 3.05) is 11.9 Å². The third-order valence-electron chi connectivity index (χ3n) is 4.61. The van der Waals surface area contributed by atoms with E-state index in [1.165, 1.54) is 0 Å². The van der Waals surface area contributed by atoms with E-state index in [0.29, 0.717) is 23.9 Å². The number of rotatable bonds is 4. The van der Waals surface area contributed by atoms with Gasteiger partial charge in [-0.15, -0.1) is 0 Å². The lowest BCUT2D eigenvalue weighted by atomic mass is 10.1. The molecule has 1 amide bonds. The highest BCUT2D eigenvalue weighted by Gasteiger charge is 2.34. The van der Waals surface area contributed by atoms with E-state index in [4.69, 9.17) is 0 Å². The molecule has 4 heterocycles. The molecular formula is C19H21N7O. The SMILES string of the molecule is Cc1cccc(Nc2nccnc2[C@H]2CCCN2C(=O)c2cn(C)cn2)n1. The maximum absolute atomic E-state index is 12.9. The number of aromatic nitrogens is 5. The van der Waals surface area contributed by atoms with E-state index in [2.05, 4.69) is 25.3 Å². The predicted octanol–water partition coefficient (Wildman–Crippen LogP) is 2.63. The summed E-state index contributed by atoms with van der Waals surface area (Å²) in [7, 11) is 1.85. The van der Waals surface area contributed by atoms with Gasteiger partial charge in [-0.25, -0.2) is 15.0 Å². The monoisotopic (exact) mass is 363 g/mol. The van der Waals surface area contributed by atoms with Gasteiger partial charge in [0.2, 0.25) is 0 Å². The summed E-state index contributed by atoms with van der Waals surface area (Å²) in [6.07, 6.45) is 8.43. The van der Waals surface area contributed by atoms with Crippen LogP contribution in [-0.4, -0.2) is 41.9 Å². The van der Waals surface area contributed by atoms with Crippen molar-refractivity contribution in [3.63, 3.8) is 0 Å². The van der Waals surface area contributed by atoms with E-state index in [1.54, 1.807) is 29.5 Å². The Kier molecular flexibility index (Phi) is 4.53. The van der Waals surface area contributed by atoms with Gasteiger partial charge in [-0.1, -0.05) is 6.07 Å². The summed E-state index contributed by atoms with van der Waals surface area (Å²) in [5.74, 6) is 1.25. The lowest BCUT2D eigenvalue weighted by molar-refractivity contribution is 0.0727. The van der Waals surface area contributed by atoms with Gasteiger partial charge in [-0.2, -0.15) is 0 Å². The van der Waals surface area contributed by atoms with E-state index in [1.807, 2.05) is 37.1 Å². The molecule has 0 radical (unpaired) electrons. The molecule has 3 aromatic rings. The Hall–Kier alpha value is -3.29. The molecule has 4 rings (SSSR count). The van der Waals surface area contributed by atoms with Crippen molar-refractivity contribution in [2.24, 2.45) is 7.05 Å². The molecule has 1 atom stereocenters. The topological polar surface area (TPSA) is 88.8 Å². The van der Waals surface area contributed by atoms with Crippen molar-refractivity contribution in [1.29, 1.82) is 0 Å². The van der Waals surface area contributed by atoms with Gasteiger partial charge in [0, 0.05) is 37.9 Å². The molecular weight excluding hydrogens is 342 g/mol. The number of carbonyl (C=O) groups is 1. The standard InChI is InChI=1S/C19H21N7O/c1-13-5-3-7-16(23-13)24-18-17(20-8-9-21-18)15-6-4-10-26(15)19(27)14-11-25(2)12-22-14/h3,5,7-9,11-12,15H,4,6,10H2,1-2H3,(H,21,23,24)/t15-/m1/s1. The number of imidazole rings is 1. The number of carbonyl (C=O) groups excluding carboxylic acids is 1. The first kappa shape index (κ1) is 17.1. The Morgan fingerprint density at radius 2 is 2.07 bits per heavy atom. The maximum atomic E-state index is 12.9. The third-order valence-corrected chi connectivity index (χ3v) is 4.61. The van der Waals surface area contributed by atoms with E-state index in [9.17, 15) is 4.79 Å². The molecule has 0 aromatic carbocycles. The smallest absolute Gasteiger partial charge is 0.274 e. The molecule has 1 aliphatic heterocycles. The van der Waals surface area contributed by atoms with Gasteiger partial charge in [0.1, 0.15) is 17.2 Å². The van der Waals surface area contributed by atoms with Crippen molar-refractivity contribution < 1.29 is 4.79 Å². The van der Waals surface area contributed by atoms with Crippen LogP contribution in [0.2, 0.25) is 0 Å². The predicted molar refractivity (Wildman–Crippen MR) is 101 cm³/mol. The molecule has 27 heavy (non-hydrogen) atoms. The summed E-state index contributed by atoms with van der Waals surface area (Å²) in [6, 6.07) is 5.62. The van der Waals surface area contributed by atoms with Gasteiger partial charge in [0.15, 0.2) is 5.82 Å². The van der Waals surface area contributed by atoms with Crippen molar-refractivity contribution >= 4 is 17.5 Å². The Morgan fingerprint density at radius 3 is 2.85 bits per heavy atom. The summed E-state index contributed by atoms with van der Waals surface area (Å²) < 4.78 is 1.77. The van der Waals surface area contributed by atoms with Crippen LogP contribution in [0.4, 0.5) is 11.6 Å². The molecule has 0 spiro atoms. The average molecular weight is 363 g/mol. The molecule has 1 saturated heterocycles. The van der Waals surface area contributed by atoms with E-state index < -0.39 is 0 Å². The summed E-state index contributed by atoms with van der Waals surface area (Å²) in [5.41, 5.74) is 2.11. The van der Waals surface area contributed by atoms with E-state index in [0.717, 1.165) is 24.2 Å². The van der Waals surface area contributed by atoms with Crippen LogP contribution in [0.25, 0.3) is 0 Å². The minimum atomic E-state index is -0.138. The van der Waals surface area contributed by atoms with Gasteiger partial charge in [0.25, 0.3) is 5.91 Å². The molecule has 3 aromatic heterocycles. The zero-order valence-corrected chi connectivity index (χ0v) is 15.3. The number of nitrogens with zero attached hydrogens (tertiary/aromatic N) is 6. The number of anilines is 2. The number of hydrogen-bond acceptors (Lipinski definition) is 6.